The van der Waals surface area contributed by atoms with Crippen LogP contribution in [0, 0.1) is 0 Å². The third-order valence-corrected chi connectivity index (χ3v) is 5.50. The topological polar surface area (TPSA) is 64.7 Å². The molecule has 2 aliphatic heterocycles. The summed E-state index contributed by atoms with van der Waals surface area (Å²) in [7, 11) is 2.10. The molecular formula is C20H30N4O2. The molecule has 0 bridgehead atoms. The van der Waals surface area contributed by atoms with Gasteiger partial charge in [0.15, 0.2) is 0 Å². The monoisotopic (exact) mass is 358 g/mol. The lowest BCUT2D eigenvalue weighted by Crippen LogP contribution is -2.51. The maximum atomic E-state index is 12.4. The number of para-hydroxylation sites is 1. The standard InChI is InChI=1S/C20H30N4O2/c1-15(19(25)24-11-6-3-7-12-24)22-20(26)21-14-16-10-13-23(2)18-9-5-4-8-17(16)18/h4-5,8-9,15-16H,3,6-7,10-14H2,1-2H3,(H2,21,22,26)/t15-,16-/m1/s1. The number of amides is 3. The number of fused-ring (bicyclic) bond motifs is 1. The van der Waals surface area contributed by atoms with Crippen LogP contribution in [0.4, 0.5) is 10.5 Å². The first kappa shape index (κ1) is 18.5. The van der Waals surface area contributed by atoms with Crippen molar-refractivity contribution in [1.29, 1.82) is 0 Å². The van der Waals surface area contributed by atoms with Crippen LogP contribution in [0.5, 0.6) is 0 Å². The molecule has 1 fully saturated rings. The Morgan fingerprint density at radius 2 is 1.88 bits per heavy atom. The Labute approximate surface area is 155 Å². The van der Waals surface area contributed by atoms with Crippen LogP contribution in [0.15, 0.2) is 24.3 Å². The van der Waals surface area contributed by atoms with Gasteiger partial charge < -0.3 is 20.4 Å². The average molecular weight is 358 g/mol. The molecule has 0 spiro atoms. The van der Waals surface area contributed by atoms with Gasteiger partial charge in [0.25, 0.3) is 0 Å². The Morgan fingerprint density at radius 3 is 2.65 bits per heavy atom. The van der Waals surface area contributed by atoms with Crippen LogP contribution in [0.2, 0.25) is 0 Å². The summed E-state index contributed by atoms with van der Waals surface area (Å²) in [6.45, 7) is 4.94. The van der Waals surface area contributed by atoms with Crippen molar-refractivity contribution < 1.29 is 9.59 Å². The third-order valence-electron chi connectivity index (χ3n) is 5.50. The van der Waals surface area contributed by atoms with E-state index in [0.29, 0.717) is 12.5 Å². The van der Waals surface area contributed by atoms with Gasteiger partial charge >= 0.3 is 6.03 Å². The predicted molar refractivity (Wildman–Crippen MR) is 103 cm³/mol. The Balaban J connectivity index is 1.50. The molecule has 2 atom stereocenters. The van der Waals surface area contributed by atoms with Gasteiger partial charge in [-0.05, 0) is 44.2 Å². The SMILES string of the molecule is C[C@@H](NC(=O)NC[C@H]1CCN(C)c2ccccc21)C(=O)N1CCCCC1. The van der Waals surface area contributed by atoms with Crippen LogP contribution in [-0.2, 0) is 4.79 Å². The van der Waals surface area contributed by atoms with Crippen LogP contribution in [0.3, 0.4) is 0 Å². The molecular weight excluding hydrogens is 328 g/mol. The second-order valence-electron chi connectivity index (χ2n) is 7.43. The number of carbonyl (C=O) groups is 2. The molecule has 0 unspecified atom stereocenters. The van der Waals surface area contributed by atoms with E-state index in [1.165, 1.54) is 17.7 Å². The van der Waals surface area contributed by atoms with E-state index >= 15 is 0 Å². The number of nitrogens with one attached hydrogen (secondary N) is 2. The molecule has 26 heavy (non-hydrogen) atoms. The first-order valence-corrected chi connectivity index (χ1v) is 9.69. The summed E-state index contributed by atoms with van der Waals surface area (Å²) in [6, 6.07) is 7.60. The summed E-state index contributed by atoms with van der Waals surface area (Å²) in [5, 5.41) is 5.76. The van der Waals surface area contributed by atoms with Gasteiger partial charge in [-0.15, -0.1) is 0 Å². The van der Waals surface area contributed by atoms with Crippen molar-refractivity contribution >= 4 is 17.6 Å². The smallest absolute Gasteiger partial charge is 0.315 e. The van der Waals surface area contributed by atoms with Crippen molar-refractivity contribution in [3.63, 3.8) is 0 Å². The molecule has 0 aromatic heterocycles. The molecule has 6 heteroatoms. The van der Waals surface area contributed by atoms with Crippen LogP contribution < -0.4 is 15.5 Å². The zero-order valence-electron chi connectivity index (χ0n) is 15.8. The second kappa shape index (κ2) is 8.43. The minimum atomic E-state index is -0.488. The summed E-state index contributed by atoms with van der Waals surface area (Å²) in [5.74, 6) is 0.325. The quantitative estimate of drug-likeness (QED) is 0.868. The molecule has 2 aliphatic rings. The average Bonchev–Trinajstić information content (AvgIpc) is 2.67. The number of carbonyl (C=O) groups excluding carboxylic acids is 2. The lowest BCUT2D eigenvalue weighted by Gasteiger charge is -2.33. The largest absolute Gasteiger partial charge is 0.374 e. The van der Waals surface area contributed by atoms with Gasteiger partial charge in [-0.1, -0.05) is 18.2 Å². The van der Waals surface area contributed by atoms with Crippen LogP contribution in [0.1, 0.15) is 44.1 Å². The highest BCUT2D eigenvalue weighted by Crippen LogP contribution is 2.33. The second-order valence-corrected chi connectivity index (χ2v) is 7.43. The van der Waals surface area contributed by atoms with Gasteiger partial charge in [0, 0.05) is 44.8 Å². The highest BCUT2D eigenvalue weighted by Gasteiger charge is 2.25. The van der Waals surface area contributed by atoms with Gasteiger partial charge in [0.05, 0.1) is 0 Å². The van der Waals surface area contributed by atoms with Crippen molar-refractivity contribution in [2.24, 2.45) is 0 Å². The number of nitrogens with zero attached hydrogens (tertiary/aromatic N) is 2. The lowest BCUT2D eigenvalue weighted by molar-refractivity contribution is -0.133. The summed E-state index contributed by atoms with van der Waals surface area (Å²) >= 11 is 0. The molecule has 3 rings (SSSR count). The number of hydrogen-bond donors (Lipinski definition) is 2. The van der Waals surface area contributed by atoms with E-state index in [9.17, 15) is 9.59 Å². The first-order chi connectivity index (χ1) is 12.6. The fraction of sp³-hybridized carbons (Fsp3) is 0.600. The molecule has 1 aromatic carbocycles. The normalized spacial score (nSPS) is 20.9. The number of urea groups is 1. The van der Waals surface area contributed by atoms with Crippen molar-refractivity contribution in [2.75, 3.05) is 38.1 Å². The molecule has 1 saturated heterocycles. The van der Waals surface area contributed by atoms with E-state index in [0.717, 1.165) is 38.9 Å². The minimum absolute atomic E-state index is 0.0180. The van der Waals surface area contributed by atoms with Crippen LogP contribution in [0.25, 0.3) is 0 Å². The fourth-order valence-corrected chi connectivity index (χ4v) is 3.93. The molecule has 1 aromatic rings. The van der Waals surface area contributed by atoms with Gasteiger partial charge in [-0.2, -0.15) is 0 Å². The number of rotatable bonds is 4. The lowest BCUT2D eigenvalue weighted by atomic mass is 9.90. The Kier molecular flexibility index (Phi) is 6.01. The van der Waals surface area contributed by atoms with E-state index in [1.54, 1.807) is 6.92 Å². The highest BCUT2D eigenvalue weighted by atomic mass is 16.2. The zero-order chi connectivity index (χ0) is 18.5. The van der Waals surface area contributed by atoms with E-state index in [4.69, 9.17) is 0 Å². The molecule has 2 N–H and O–H groups in total. The van der Waals surface area contributed by atoms with Crippen molar-refractivity contribution in [3.05, 3.63) is 29.8 Å². The van der Waals surface area contributed by atoms with Crippen molar-refractivity contribution in [3.8, 4) is 0 Å². The number of hydrogen-bond acceptors (Lipinski definition) is 3. The van der Waals surface area contributed by atoms with Gasteiger partial charge in [0.2, 0.25) is 5.91 Å². The summed E-state index contributed by atoms with van der Waals surface area (Å²) in [5.41, 5.74) is 2.51. The van der Waals surface area contributed by atoms with E-state index in [1.807, 2.05) is 17.0 Å². The fourth-order valence-electron chi connectivity index (χ4n) is 3.93. The molecule has 0 aliphatic carbocycles. The molecule has 3 amide bonds. The summed E-state index contributed by atoms with van der Waals surface area (Å²) in [4.78, 5) is 28.8. The molecule has 0 saturated carbocycles. The van der Waals surface area contributed by atoms with Crippen molar-refractivity contribution in [1.82, 2.24) is 15.5 Å². The molecule has 6 nitrogen and oxygen atoms in total. The molecule has 142 valence electrons. The minimum Gasteiger partial charge on any atom is -0.374 e. The van der Waals surface area contributed by atoms with Gasteiger partial charge in [-0.25, -0.2) is 4.79 Å². The van der Waals surface area contributed by atoms with E-state index < -0.39 is 6.04 Å². The van der Waals surface area contributed by atoms with Crippen molar-refractivity contribution in [2.45, 2.75) is 44.6 Å². The zero-order valence-corrected chi connectivity index (χ0v) is 15.8. The Hall–Kier alpha value is -2.24. The Morgan fingerprint density at radius 1 is 1.15 bits per heavy atom. The van der Waals surface area contributed by atoms with E-state index in [2.05, 4.69) is 34.7 Å². The maximum Gasteiger partial charge on any atom is 0.315 e. The molecule has 2 heterocycles. The van der Waals surface area contributed by atoms with E-state index in [-0.39, 0.29) is 11.9 Å². The van der Waals surface area contributed by atoms with Gasteiger partial charge in [-0.3, -0.25) is 4.79 Å². The number of anilines is 1. The Bertz CT molecular complexity index is 642. The number of piperidine rings is 1. The third kappa shape index (κ3) is 4.29. The molecule has 0 radical (unpaired) electrons. The predicted octanol–water partition coefficient (Wildman–Crippen LogP) is 2.31. The summed E-state index contributed by atoms with van der Waals surface area (Å²) < 4.78 is 0. The number of likely N-dealkylation sites (tertiary alicyclic amines) is 1. The maximum absolute atomic E-state index is 12.4. The van der Waals surface area contributed by atoms with Gasteiger partial charge in [0.1, 0.15) is 6.04 Å². The first-order valence-electron chi connectivity index (χ1n) is 9.69. The highest BCUT2D eigenvalue weighted by molar-refractivity contribution is 5.86. The summed E-state index contributed by atoms with van der Waals surface area (Å²) in [6.07, 6.45) is 4.31. The van der Waals surface area contributed by atoms with Crippen LogP contribution in [-0.4, -0.2) is 56.1 Å². The van der Waals surface area contributed by atoms with Crippen LogP contribution >= 0.6 is 0 Å². The number of benzene rings is 1.